The molecule has 0 aliphatic rings. The highest BCUT2D eigenvalue weighted by Crippen LogP contribution is 2.19. The van der Waals surface area contributed by atoms with E-state index in [1.165, 1.54) is 76.7 Å². The molecule has 0 saturated carbocycles. The molecule has 0 aromatic carbocycles. The molecule has 0 radical (unpaired) electrons. The van der Waals surface area contributed by atoms with Gasteiger partial charge in [-0.15, -0.1) is 0 Å². The van der Waals surface area contributed by atoms with E-state index in [1.54, 1.807) is 0 Å². The van der Waals surface area contributed by atoms with Gasteiger partial charge in [0.1, 0.15) is 0 Å². The molecular formula is C27H46O3S. The van der Waals surface area contributed by atoms with Crippen LogP contribution in [0.1, 0.15) is 118 Å². The van der Waals surface area contributed by atoms with E-state index in [0.717, 1.165) is 24.8 Å². The Balaban J connectivity index is 3.80. The van der Waals surface area contributed by atoms with Gasteiger partial charge < -0.3 is 0 Å². The molecule has 0 bridgehead atoms. The van der Waals surface area contributed by atoms with E-state index in [2.05, 4.69) is 20.4 Å². The Kier molecular flexibility index (Phi) is 18.8. The molecule has 0 aromatic rings. The van der Waals surface area contributed by atoms with Crippen LogP contribution in [0, 0.1) is 11.8 Å². The van der Waals surface area contributed by atoms with E-state index >= 15 is 0 Å². The summed E-state index contributed by atoms with van der Waals surface area (Å²) in [4.78, 5) is 35.7. The first kappa shape index (κ1) is 29.8. The predicted octanol–water partition coefficient (Wildman–Crippen LogP) is 8.23. The van der Waals surface area contributed by atoms with Crippen molar-refractivity contribution in [1.82, 2.24) is 0 Å². The fourth-order valence-electron chi connectivity index (χ4n) is 3.62. The Morgan fingerprint density at radius 3 is 1.58 bits per heavy atom. The Bertz CT molecular complexity index is 561. The van der Waals surface area contributed by atoms with Crippen LogP contribution in [0.5, 0.6) is 0 Å². The van der Waals surface area contributed by atoms with Crippen LogP contribution in [0.15, 0.2) is 24.3 Å². The lowest BCUT2D eigenvalue weighted by atomic mass is 9.95. The fraction of sp³-hybridized carbons (Fsp3) is 0.741. The average molecular weight is 451 g/mol. The quantitative estimate of drug-likeness (QED) is 0.147. The van der Waals surface area contributed by atoms with E-state index < -0.39 is 10.2 Å². The SMILES string of the molecule is C=CC(=O)SC(=O)C=C(C(=O)CCCCCCCCCCCCCCC(C)C)C(C)C. The molecular weight excluding hydrogens is 404 g/mol. The number of ketones is 1. The minimum atomic E-state index is -0.391. The van der Waals surface area contributed by atoms with Gasteiger partial charge in [-0.25, -0.2) is 0 Å². The van der Waals surface area contributed by atoms with Gasteiger partial charge in [0.05, 0.1) is 0 Å². The van der Waals surface area contributed by atoms with Crippen molar-refractivity contribution in [3.05, 3.63) is 24.3 Å². The minimum Gasteiger partial charge on any atom is -0.295 e. The maximum absolute atomic E-state index is 12.5. The number of unbranched alkanes of at least 4 members (excludes halogenated alkanes) is 11. The number of Topliss-reactive ketones (excluding diaryl/α,β-unsaturated/α-hetero) is 1. The Labute approximate surface area is 195 Å². The van der Waals surface area contributed by atoms with Crippen molar-refractivity contribution in [3.63, 3.8) is 0 Å². The van der Waals surface area contributed by atoms with Crippen LogP contribution in [-0.2, 0) is 14.4 Å². The van der Waals surface area contributed by atoms with E-state index in [0.29, 0.717) is 23.8 Å². The summed E-state index contributed by atoms with van der Waals surface area (Å²) in [7, 11) is 0. The van der Waals surface area contributed by atoms with Gasteiger partial charge >= 0.3 is 0 Å². The second-order valence-corrected chi connectivity index (χ2v) is 10.3. The van der Waals surface area contributed by atoms with Gasteiger partial charge in [0.15, 0.2) is 5.78 Å². The third-order valence-electron chi connectivity index (χ3n) is 5.52. The number of thioether (sulfide) groups is 1. The number of allylic oxidation sites excluding steroid dienone is 1. The van der Waals surface area contributed by atoms with E-state index in [-0.39, 0.29) is 11.7 Å². The summed E-state index contributed by atoms with van der Waals surface area (Å²) in [5.41, 5.74) is 0.526. The molecule has 0 spiro atoms. The molecule has 0 fully saturated rings. The molecule has 31 heavy (non-hydrogen) atoms. The number of carbonyl (C=O) groups is 3. The van der Waals surface area contributed by atoms with Crippen molar-refractivity contribution < 1.29 is 14.4 Å². The van der Waals surface area contributed by atoms with Crippen molar-refractivity contribution in [3.8, 4) is 0 Å². The maximum Gasteiger partial charge on any atom is 0.220 e. The van der Waals surface area contributed by atoms with Gasteiger partial charge in [0, 0.05) is 12.0 Å². The van der Waals surface area contributed by atoms with Crippen molar-refractivity contribution in [2.75, 3.05) is 0 Å². The molecule has 0 amide bonds. The first-order chi connectivity index (χ1) is 14.8. The molecule has 0 aromatic heterocycles. The van der Waals surface area contributed by atoms with Gasteiger partial charge in [-0.3, -0.25) is 14.4 Å². The lowest BCUT2D eigenvalue weighted by Gasteiger charge is -2.10. The third kappa shape index (κ3) is 18.1. The summed E-state index contributed by atoms with van der Waals surface area (Å²) in [5.74, 6) is 0.851. The molecule has 0 aliphatic carbocycles. The van der Waals surface area contributed by atoms with Crippen LogP contribution < -0.4 is 0 Å². The largest absolute Gasteiger partial charge is 0.295 e. The molecule has 0 saturated heterocycles. The fourth-order valence-corrected chi connectivity index (χ4v) is 4.08. The smallest absolute Gasteiger partial charge is 0.220 e. The molecule has 0 unspecified atom stereocenters. The monoisotopic (exact) mass is 450 g/mol. The Hall–Kier alpha value is -1.16. The highest BCUT2D eigenvalue weighted by Gasteiger charge is 2.16. The normalized spacial score (nSPS) is 11.9. The van der Waals surface area contributed by atoms with Gasteiger partial charge in [0.2, 0.25) is 10.2 Å². The summed E-state index contributed by atoms with van der Waals surface area (Å²) in [6.07, 6.45) is 19.5. The number of carbonyl (C=O) groups excluding carboxylic acids is 3. The van der Waals surface area contributed by atoms with Crippen molar-refractivity contribution in [2.24, 2.45) is 11.8 Å². The number of rotatable bonds is 19. The Morgan fingerprint density at radius 1 is 0.710 bits per heavy atom. The highest BCUT2D eigenvalue weighted by molar-refractivity contribution is 8.26. The maximum atomic E-state index is 12.5. The van der Waals surface area contributed by atoms with Crippen LogP contribution in [0.4, 0.5) is 0 Å². The molecule has 0 heterocycles. The lowest BCUT2D eigenvalue weighted by Crippen LogP contribution is -2.10. The first-order valence-corrected chi connectivity index (χ1v) is 13.2. The second kappa shape index (κ2) is 19.5. The van der Waals surface area contributed by atoms with Gasteiger partial charge in [-0.1, -0.05) is 111 Å². The molecule has 3 nitrogen and oxygen atoms in total. The van der Waals surface area contributed by atoms with Gasteiger partial charge in [-0.05, 0) is 42.2 Å². The first-order valence-electron chi connectivity index (χ1n) is 12.4. The summed E-state index contributed by atoms with van der Waals surface area (Å²) >= 11 is 0.587. The zero-order valence-electron chi connectivity index (χ0n) is 20.5. The predicted molar refractivity (Wildman–Crippen MR) is 135 cm³/mol. The van der Waals surface area contributed by atoms with Crippen LogP contribution in [0.25, 0.3) is 0 Å². The molecule has 178 valence electrons. The average Bonchev–Trinajstić information content (AvgIpc) is 2.71. The molecule has 0 aliphatic heterocycles. The number of hydrogen-bond acceptors (Lipinski definition) is 4. The Morgan fingerprint density at radius 2 is 1.16 bits per heavy atom. The van der Waals surface area contributed by atoms with Crippen molar-refractivity contribution >= 4 is 27.8 Å². The van der Waals surface area contributed by atoms with Crippen molar-refractivity contribution in [2.45, 2.75) is 118 Å². The standard InChI is InChI=1S/C27H46O3S/c1-6-26(29)31-27(30)21-24(23(4)5)25(28)20-18-16-14-12-10-8-7-9-11-13-15-17-19-22(2)3/h6,21-23H,1,7-20H2,2-5H3. The molecule has 0 N–H and O–H groups in total. The zero-order chi connectivity index (χ0) is 23.5. The summed E-state index contributed by atoms with van der Waals surface area (Å²) in [6.45, 7) is 11.8. The summed E-state index contributed by atoms with van der Waals surface area (Å²) in [6, 6.07) is 0. The van der Waals surface area contributed by atoms with Gasteiger partial charge in [-0.2, -0.15) is 0 Å². The molecule has 0 rings (SSSR count). The van der Waals surface area contributed by atoms with E-state index in [1.807, 2.05) is 13.8 Å². The minimum absolute atomic E-state index is 0.0221. The van der Waals surface area contributed by atoms with Crippen LogP contribution in [-0.4, -0.2) is 16.0 Å². The van der Waals surface area contributed by atoms with E-state index in [4.69, 9.17) is 0 Å². The van der Waals surface area contributed by atoms with Crippen LogP contribution in [0.2, 0.25) is 0 Å². The summed E-state index contributed by atoms with van der Waals surface area (Å²) in [5, 5.41) is -0.782. The lowest BCUT2D eigenvalue weighted by molar-refractivity contribution is -0.116. The van der Waals surface area contributed by atoms with Crippen LogP contribution in [0.3, 0.4) is 0 Å². The number of hydrogen-bond donors (Lipinski definition) is 0. The molecule has 4 heteroatoms. The highest BCUT2D eigenvalue weighted by atomic mass is 32.2. The van der Waals surface area contributed by atoms with Crippen LogP contribution >= 0.6 is 11.8 Å². The van der Waals surface area contributed by atoms with E-state index in [9.17, 15) is 14.4 Å². The third-order valence-corrected chi connectivity index (χ3v) is 6.21. The topological polar surface area (TPSA) is 51.2 Å². The summed E-state index contributed by atoms with van der Waals surface area (Å²) < 4.78 is 0. The molecule has 0 atom stereocenters. The van der Waals surface area contributed by atoms with Gasteiger partial charge in [0.25, 0.3) is 0 Å². The van der Waals surface area contributed by atoms with Crippen molar-refractivity contribution in [1.29, 1.82) is 0 Å². The zero-order valence-corrected chi connectivity index (χ0v) is 21.4. The second-order valence-electron chi connectivity index (χ2n) is 9.30.